The van der Waals surface area contributed by atoms with Gasteiger partial charge in [0.2, 0.25) is 5.91 Å². The molecular weight excluding hydrogens is 434 g/mol. The van der Waals surface area contributed by atoms with Crippen LogP contribution in [0.1, 0.15) is 74.6 Å². The lowest BCUT2D eigenvalue weighted by molar-refractivity contribution is -0.148. The molecule has 2 amide bonds. The number of nitrogens with zero attached hydrogens (tertiary/aromatic N) is 1. The Bertz CT molecular complexity index is 1050. The number of rotatable bonds is 8. The molecule has 2 aliphatic carbocycles. The highest BCUT2D eigenvalue weighted by Gasteiger charge is 2.41. The Labute approximate surface area is 199 Å². The van der Waals surface area contributed by atoms with Gasteiger partial charge in [0, 0.05) is 23.1 Å². The first-order valence-electron chi connectivity index (χ1n) is 12.4. The van der Waals surface area contributed by atoms with Crippen molar-refractivity contribution in [2.75, 3.05) is 6.54 Å². The number of amides is 2. The van der Waals surface area contributed by atoms with Gasteiger partial charge in [-0.05, 0) is 37.7 Å². The number of ketones is 1. The highest BCUT2D eigenvalue weighted by Crippen LogP contribution is 2.31. The molecule has 0 radical (unpaired) electrons. The van der Waals surface area contributed by atoms with Crippen LogP contribution in [-0.4, -0.2) is 57.2 Å². The van der Waals surface area contributed by atoms with Gasteiger partial charge in [0.25, 0.3) is 11.7 Å². The number of aromatic nitrogens is 1. The zero-order chi connectivity index (χ0) is 24.1. The number of H-pyrrole nitrogens is 1. The fraction of sp³-hybridized carbons (Fsp3) is 0.538. The molecule has 2 aromatic rings. The molecule has 182 valence electrons. The van der Waals surface area contributed by atoms with E-state index >= 15 is 0 Å². The normalized spacial score (nSPS) is 18.4. The number of carboxylic acid groups (broad SMARTS) is 1. The monoisotopic (exact) mass is 467 g/mol. The van der Waals surface area contributed by atoms with E-state index in [4.69, 9.17) is 0 Å². The summed E-state index contributed by atoms with van der Waals surface area (Å²) in [6.07, 6.45) is 10.8. The third-order valence-electron chi connectivity index (χ3n) is 7.25. The predicted octanol–water partition coefficient (Wildman–Crippen LogP) is 3.66. The summed E-state index contributed by atoms with van der Waals surface area (Å²) in [6.45, 7) is -0.688. The number of benzene rings is 1. The van der Waals surface area contributed by atoms with Crippen LogP contribution in [-0.2, 0) is 14.4 Å². The Kier molecular flexibility index (Phi) is 7.65. The molecule has 0 bridgehead atoms. The van der Waals surface area contributed by atoms with Crippen molar-refractivity contribution in [2.24, 2.45) is 5.92 Å². The fourth-order valence-electron chi connectivity index (χ4n) is 5.54. The van der Waals surface area contributed by atoms with Crippen LogP contribution < -0.4 is 5.32 Å². The van der Waals surface area contributed by atoms with Crippen molar-refractivity contribution in [3.63, 3.8) is 0 Å². The standard InChI is InChI=1S/C26H33N3O5/c30-22(31)16-29(26(34)24(32)20-15-27-21-14-8-7-13-19(20)21)23(17-9-3-1-4-10-17)25(33)28-18-11-5-2-6-12-18/h7-8,13-15,17-18,23,27H,1-6,9-12,16H2,(H,28,33)(H,30,31). The number of para-hydroxylation sites is 1. The highest BCUT2D eigenvalue weighted by atomic mass is 16.4. The number of nitrogens with one attached hydrogen (secondary N) is 2. The lowest BCUT2D eigenvalue weighted by Gasteiger charge is -2.38. The van der Waals surface area contributed by atoms with Crippen LogP contribution >= 0.6 is 0 Å². The van der Waals surface area contributed by atoms with E-state index in [1.807, 2.05) is 6.07 Å². The fourth-order valence-corrected chi connectivity index (χ4v) is 5.54. The van der Waals surface area contributed by atoms with E-state index in [1.54, 1.807) is 18.2 Å². The summed E-state index contributed by atoms with van der Waals surface area (Å²) in [5.41, 5.74) is 0.897. The molecule has 0 saturated heterocycles. The molecule has 2 fully saturated rings. The zero-order valence-electron chi connectivity index (χ0n) is 19.4. The van der Waals surface area contributed by atoms with Gasteiger partial charge in [0.05, 0.1) is 5.56 Å². The molecule has 0 aliphatic heterocycles. The molecule has 0 spiro atoms. The Hall–Kier alpha value is -3.16. The van der Waals surface area contributed by atoms with Gasteiger partial charge in [-0.1, -0.05) is 56.7 Å². The minimum Gasteiger partial charge on any atom is -0.480 e. The second-order valence-electron chi connectivity index (χ2n) is 9.59. The van der Waals surface area contributed by atoms with Crippen molar-refractivity contribution >= 4 is 34.5 Å². The third kappa shape index (κ3) is 5.32. The Morgan fingerprint density at radius 2 is 1.62 bits per heavy atom. The SMILES string of the molecule is O=C(O)CN(C(=O)C(=O)c1c[nH]c2ccccc12)C(C(=O)NC1CCCCC1)C1CCCCC1. The number of carbonyl (C=O) groups is 4. The van der Waals surface area contributed by atoms with Crippen LogP contribution in [0.3, 0.4) is 0 Å². The zero-order valence-corrected chi connectivity index (χ0v) is 19.4. The number of carbonyl (C=O) groups excluding carboxylic acids is 3. The summed E-state index contributed by atoms with van der Waals surface area (Å²) >= 11 is 0. The molecule has 8 nitrogen and oxygen atoms in total. The molecule has 1 atom stereocenters. The maximum atomic E-state index is 13.5. The summed E-state index contributed by atoms with van der Waals surface area (Å²) in [5, 5.41) is 13.3. The average Bonchev–Trinajstić information content (AvgIpc) is 3.28. The minimum absolute atomic E-state index is 0.0263. The minimum atomic E-state index is -1.24. The van der Waals surface area contributed by atoms with Crippen molar-refractivity contribution < 1.29 is 24.3 Å². The average molecular weight is 468 g/mol. The molecule has 3 N–H and O–H groups in total. The van der Waals surface area contributed by atoms with E-state index in [2.05, 4.69) is 10.3 Å². The van der Waals surface area contributed by atoms with Gasteiger partial charge in [-0.25, -0.2) is 0 Å². The van der Waals surface area contributed by atoms with Crippen molar-refractivity contribution in [2.45, 2.75) is 76.3 Å². The van der Waals surface area contributed by atoms with Crippen molar-refractivity contribution in [3.8, 4) is 0 Å². The second-order valence-corrected chi connectivity index (χ2v) is 9.59. The summed E-state index contributed by atoms with van der Waals surface area (Å²) in [4.78, 5) is 56.2. The van der Waals surface area contributed by atoms with Crippen molar-refractivity contribution in [1.29, 1.82) is 0 Å². The molecular formula is C26H33N3O5. The molecule has 1 unspecified atom stereocenters. The second kappa shape index (κ2) is 10.8. The van der Waals surface area contributed by atoms with E-state index in [9.17, 15) is 24.3 Å². The first-order valence-corrected chi connectivity index (χ1v) is 12.4. The largest absolute Gasteiger partial charge is 0.480 e. The van der Waals surface area contributed by atoms with Crippen LogP contribution in [0, 0.1) is 5.92 Å². The smallest absolute Gasteiger partial charge is 0.323 e. The van der Waals surface area contributed by atoms with Crippen molar-refractivity contribution in [1.82, 2.24) is 15.2 Å². The van der Waals surface area contributed by atoms with Crippen LogP contribution in [0.25, 0.3) is 10.9 Å². The molecule has 34 heavy (non-hydrogen) atoms. The van der Waals surface area contributed by atoms with Gasteiger partial charge in [0.15, 0.2) is 0 Å². The molecule has 4 rings (SSSR count). The summed E-state index contributed by atoms with van der Waals surface area (Å²) < 4.78 is 0. The van der Waals surface area contributed by atoms with Gasteiger partial charge in [-0.2, -0.15) is 0 Å². The number of carboxylic acids is 1. The summed E-state index contributed by atoms with van der Waals surface area (Å²) in [7, 11) is 0. The maximum Gasteiger partial charge on any atom is 0.323 e. The van der Waals surface area contributed by atoms with Crippen molar-refractivity contribution in [3.05, 3.63) is 36.0 Å². The number of fused-ring (bicyclic) bond motifs is 1. The highest BCUT2D eigenvalue weighted by molar-refractivity contribution is 6.45. The quantitative estimate of drug-likeness (QED) is 0.404. The van der Waals surface area contributed by atoms with E-state index in [0.717, 1.165) is 69.1 Å². The topological polar surface area (TPSA) is 120 Å². The number of aliphatic carboxylic acids is 1. The Morgan fingerprint density at radius 3 is 2.29 bits per heavy atom. The lowest BCUT2D eigenvalue weighted by atomic mass is 9.82. The van der Waals surface area contributed by atoms with E-state index in [1.165, 1.54) is 6.20 Å². The van der Waals surface area contributed by atoms with Gasteiger partial charge in [0.1, 0.15) is 12.6 Å². The molecule has 2 aliphatic rings. The predicted molar refractivity (Wildman–Crippen MR) is 127 cm³/mol. The van der Waals surface area contributed by atoms with Gasteiger partial charge >= 0.3 is 5.97 Å². The van der Waals surface area contributed by atoms with E-state index in [-0.39, 0.29) is 23.4 Å². The number of Topliss-reactive ketones (excluding diaryl/α,β-unsaturated/α-hetero) is 1. The van der Waals surface area contributed by atoms with Crippen LogP contribution in [0.4, 0.5) is 0 Å². The summed E-state index contributed by atoms with van der Waals surface area (Å²) in [5.74, 6) is -3.49. The van der Waals surface area contributed by atoms with E-state index in [0.29, 0.717) is 10.9 Å². The number of hydrogen-bond donors (Lipinski definition) is 3. The molecule has 8 heteroatoms. The molecule has 1 aromatic heterocycles. The summed E-state index contributed by atoms with van der Waals surface area (Å²) in [6, 6.07) is 6.18. The van der Waals surface area contributed by atoms with Gasteiger partial charge in [-0.3, -0.25) is 19.2 Å². The Morgan fingerprint density at radius 1 is 0.971 bits per heavy atom. The van der Waals surface area contributed by atoms with Crippen LogP contribution in [0.15, 0.2) is 30.5 Å². The van der Waals surface area contributed by atoms with Crippen LogP contribution in [0.5, 0.6) is 0 Å². The van der Waals surface area contributed by atoms with E-state index < -0.39 is 30.2 Å². The Balaban J connectivity index is 1.64. The maximum absolute atomic E-state index is 13.5. The molecule has 1 aromatic carbocycles. The third-order valence-corrected chi connectivity index (χ3v) is 7.25. The number of hydrogen-bond acceptors (Lipinski definition) is 4. The molecule has 1 heterocycles. The first kappa shape index (κ1) is 24.0. The van der Waals surface area contributed by atoms with Gasteiger partial charge < -0.3 is 20.3 Å². The first-order chi connectivity index (χ1) is 16.5. The van der Waals surface area contributed by atoms with Crippen LogP contribution in [0.2, 0.25) is 0 Å². The number of aromatic amines is 1. The molecule has 2 saturated carbocycles. The lowest BCUT2D eigenvalue weighted by Crippen LogP contribution is -2.58. The van der Waals surface area contributed by atoms with Gasteiger partial charge in [-0.15, -0.1) is 0 Å².